The van der Waals surface area contributed by atoms with Gasteiger partial charge in [0.1, 0.15) is 0 Å². The van der Waals surface area contributed by atoms with E-state index in [0.717, 1.165) is 16.5 Å². The number of carbonyl (C=O) groups is 1. The van der Waals surface area contributed by atoms with Gasteiger partial charge in [0.2, 0.25) is 0 Å². The molecular weight excluding hydrogens is 230 g/mol. The van der Waals surface area contributed by atoms with Crippen LogP contribution in [0.25, 0.3) is 10.9 Å². The van der Waals surface area contributed by atoms with Gasteiger partial charge in [-0.2, -0.15) is 11.8 Å². The van der Waals surface area contributed by atoms with Gasteiger partial charge in [0.25, 0.3) is 0 Å². The molecule has 3 heteroatoms. The Morgan fingerprint density at radius 2 is 2.12 bits per heavy atom. The van der Waals surface area contributed by atoms with Crippen LogP contribution >= 0.6 is 11.8 Å². The highest BCUT2D eigenvalue weighted by Crippen LogP contribution is 2.19. The van der Waals surface area contributed by atoms with Crippen LogP contribution in [0.5, 0.6) is 0 Å². The minimum atomic E-state index is 0.183. The number of pyridine rings is 1. The van der Waals surface area contributed by atoms with Gasteiger partial charge in [-0.15, -0.1) is 0 Å². The zero-order valence-electron chi connectivity index (χ0n) is 10.0. The van der Waals surface area contributed by atoms with E-state index in [9.17, 15) is 4.79 Å². The normalized spacial score (nSPS) is 11.0. The van der Waals surface area contributed by atoms with Crippen LogP contribution in [-0.4, -0.2) is 21.8 Å². The maximum Gasteiger partial charge on any atom is 0.173 e. The fraction of sp³-hybridized carbons (Fsp3) is 0.286. The van der Waals surface area contributed by atoms with Gasteiger partial charge in [-0.05, 0) is 17.4 Å². The summed E-state index contributed by atoms with van der Waals surface area (Å²) in [5, 5.41) is 1.43. The second kappa shape index (κ2) is 5.32. The molecule has 0 fully saturated rings. The molecule has 0 aliphatic heterocycles. The van der Waals surface area contributed by atoms with Crippen LogP contribution in [0.3, 0.4) is 0 Å². The summed E-state index contributed by atoms with van der Waals surface area (Å²) in [7, 11) is 0. The van der Waals surface area contributed by atoms with E-state index in [0.29, 0.717) is 11.0 Å². The third-order valence-corrected chi connectivity index (χ3v) is 3.59. The molecule has 1 aromatic heterocycles. The van der Waals surface area contributed by atoms with Gasteiger partial charge in [-0.3, -0.25) is 9.78 Å². The second-order valence-corrected chi connectivity index (χ2v) is 5.72. The number of ketones is 1. The first-order valence-corrected chi connectivity index (χ1v) is 6.72. The molecule has 2 aromatic rings. The number of nitrogens with zero attached hydrogens (tertiary/aromatic N) is 1. The van der Waals surface area contributed by atoms with Crippen LogP contribution in [0.2, 0.25) is 0 Å². The second-order valence-electron chi connectivity index (χ2n) is 4.16. The minimum absolute atomic E-state index is 0.183. The molecular formula is C14H15NOS. The molecule has 0 amide bonds. The number of benzene rings is 1. The van der Waals surface area contributed by atoms with Crippen molar-refractivity contribution in [1.29, 1.82) is 0 Å². The van der Waals surface area contributed by atoms with Crippen LogP contribution in [0.1, 0.15) is 24.2 Å². The van der Waals surface area contributed by atoms with Gasteiger partial charge in [0, 0.05) is 17.1 Å². The van der Waals surface area contributed by atoms with Gasteiger partial charge < -0.3 is 0 Å². The Morgan fingerprint density at radius 1 is 1.29 bits per heavy atom. The standard InChI is InChI=1S/C14H15NOS/c1-10(2)17-9-14(16)12-5-3-7-13-11(12)6-4-8-15-13/h3-8,10H,9H2,1-2H3. The van der Waals surface area contributed by atoms with Crippen LogP contribution in [-0.2, 0) is 0 Å². The Hall–Kier alpha value is -1.35. The number of hydrogen-bond donors (Lipinski definition) is 0. The molecule has 0 bridgehead atoms. The van der Waals surface area contributed by atoms with Crippen LogP contribution in [0.15, 0.2) is 36.5 Å². The SMILES string of the molecule is CC(C)SCC(=O)c1cccc2ncccc12. The summed E-state index contributed by atoms with van der Waals surface area (Å²) < 4.78 is 0. The summed E-state index contributed by atoms with van der Waals surface area (Å²) in [6.07, 6.45) is 1.75. The zero-order chi connectivity index (χ0) is 12.3. The summed E-state index contributed by atoms with van der Waals surface area (Å²) in [6.45, 7) is 4.20. The maximum atomic E-state index is 12.1. The molecule has 0 saturated heterocycles. The summed E-state index contributed by atoms with van der Waals surface area (Å²) in [6, 6.07) is 9.53. The van der Waals surface area contributed by atoms with Crippen molar-refractivity contribution in [2.75, 3.05) is 5.75 Å². The number of Topliss-reactive ketones (excluding diaryl/α,β-unsaturated/α-hetero) is 1. The lowest BCUT2D eigenvalue weighted by Gasteiger charge is -2.06. The predicted octanol–water partition coefficient (Wildman–Crippen LogP) is 3.56. The Bertz CT molecular complexity index is 531. The van der Waals surface area contributed by atoms with Gasteiger partial charge in [0.15, 0.2) is 5.78 Å². The first kappa shape index (κ1) is 12.1. The Balaban J connectivity index is 2.32. The molecule has 88 valence electrons. The lowest BCUT2D eigenvalue weighted by molar-refractivity contribution is 0.102. The lowest BCUT2D eigenvalue weighted by atomic mass is 10.1. The lowest BCUT2D eigenvalue weighted by Crippen LogP contribution is -2.05. The predicted molar refractivity (Wildman–Crippen MR) is 73.7 cm³/mol. The first-order valence-electron chi connectivity index (χ1n) is 5.67. The number of thioether (sulfide) groups is 1. The monoisotopic (exact) mass is 245 g/mol. The van der Waals surface area contributed by atoms with E-state index in [4.69, 9.17) is 0 Å². The average molecular weight is 245 g/mol. The molecule has 17 heavy (non-hydrogen) atoms. The number of fused-ring (bicyclic) bond motifs is 1. The molecule has 1 aromatic carbocycles. The Morgan fingerprint density at radius 3 is 2.88 bits per heavy atom. The summed E-state index contributed by atoms with van der Waals surface area (Å²) in [4.78, 5) is 16.4. The van der Waals surface area contributed by atoms with Crippen molar-refractivity contribution in [1.82, 2.24) is 4.98 Å². The molecule has 1 heterocycles. The zero-order valence-corrected chi connectivity index (χ0v) is 10.8. The highest BCUT2D eigenvalue weighted by atomic mass is 32.2. The number of hydrogen-bond acceptors (Lipinski definition) is 3. The van der Waals surface area contributed by atoms with Gasteiger partial charge in [-0.25, -0.2) is 0 Å². The molecule has 0 radical (unpaired) electrons. The largest absolute Gasteiger partial charge is 0.293 e. The van der Waals surface area contributed by atoms with E-state index >= 15 is 0 Å². The van der Waals surface area contributed by atoms with Crippen molar-refractivity contribution in [2.45, 2.75) is 19.1 Å². The van der Waals surface area contributed by atoms with Gasteiger partial charge >= 0.3 is 0 Å². The van der Waals surface area contributed by atoms with E-state index in [2.05, 4.69) is 18.8 Å². The van der Waals surface area contributed by atoms with E-state index in [-0.39, 0.29) is 5.78 Å². The minimum Gasteiger partial charge on any atom is -0.293 e. The first-order chi connectivity index (χ1) is 8.18. The van der Waals surface area contributed by atoms with Crippen LogP contribution < -0.4 is 0 Å². The van der Waals surface area contributed by atoms with Crippen molar-refractivity contribution in [3.05, 3.63) is 42.1 Å². The smallest absolute Gasteiger partial charge is 0.173 e. The summed E-state index contributed by atoms with van der Waals surface area (Å²) in [5.74, 6) is 0.716. The number of aromatic nitrogens is 1. The highest BCUT2D eigenvalue weighted by Gasteiger charge is 2.10. The topological polar surface area (TPSA) is 30.0 Å². The molecule has 0 aliphatic rings. The van der Waals surface area contributed by atoms with Gasteiger partial charge in [-0.1, -0.05) is 32.0 Å². The fourth-order valence-corrected chi connectivity index (χ4v) is 2.31. The molecule has 0 atom stereocenters. The van der Waals surface area contributed by atoms with Crippen molar-refractivity contribution < 1.29 is 4.79 Å². The van der Waals surface area contributed by atoms with E-state index in [1.807, 2.05) is 30.3 Å². The van der Waals surface area contributed by atoms with Crippen LogP contribution in [0, 0.1) is 0 Å². The average Bonchev–Trinajstić information content (AvgIpc) is 2.35. The summed E-state index contributed by atoms with van der Waals surface area (Å²) >= 11 is 1.67. The van der Waals surface area contributed by atoms with Crippen LogP contribution in [0.4, 0.5) is 0 Å². The van der Waals surface area contributed by atoms with Crippen molar-refractivity contribution in [3.63, 3.8) is 0 Å². The number of carbonyl (C=O) groups excluding carboxylic acids is 1. The molecule has 0 spiro atoms. The molecule has 0 saturated carbocycles. The number of rotatable bonds is 4. The quantitative estimate of drug-likeness (QED) is 0.771. The molecule has 0 aliphatic carbocycles. The third kappa shape index (κ3) is 2.86. The fourth-order valence-electron chi connectivity index (χ4n) is 1.67. The van der Waals surface area contributed by atoms with E-state index < -0.39 is 0 Å². The molecule has 2 rings (SSSR count). The summed E-state index contributed by atoms with van der Waals surface area (Å²) in [5.41, 5.74) is 1.66. The maximum absolute atomic E-state index is 12.1. The van der Waals surface area contributed by atoms with E-state index in [1.165, 1.54) is 0 Å². The van der Waals surface area contributed by atoms with Crippen molar-refractivity contribution in [3.8, 4) is 0 Å². The van der Waals surface area contributed by atoms with Crippen molar-refractivity contribution in [2.24, 2.45) is 0 Å². The molecule has 2 nitrogen and oxygen atoms in total. The van der Waals surface area contributed by atoms with Crippen molar-refractivity contribution >= 4 is 28.4 Å². The third-order valence-electron chi connectivity index (χ3n) is 2.49. The molecule has 0 N–H and O–H groups in total. The highest BCUT2D eigenvalue weighted by molar-refractivity contribution is 8.00. The Labute approximate surface area is 105 Å². The van der Waals surface area contributed by atoms with Gasteiger partial charge in [0.05, 0.1) is 11.3 Å². The van der Waals surface area contributed by atoms with E-state index in [1.54, 1.807) is 18.0 Å². The molecule has 0 unspecified atom stereocenters. The Kier molecular flexibility index (Phi) is 3.79.